The summed E-state index contributed by atoms with van der Waals surface area (Å²) in [4.78, 5) is 0. The second-order valence-electron chi connectivity index (χ2n) is 6.34. The van der Waals surface area contributed by atoms with E-state index in [-0.39, 0.29) is 10.4 Å². The average molecular weight is 307 g/mol. The lowest BCUT2D eigenvalue weighted by Crippen LogP contribution is -2.11. The molecule has 0 aliphatic carbocycles. The Hall–Kier alpha value is -1.38. The highest BCUT2D eigenvalue weighted by Crippen LogP contribution is 2.25. The van der Waals surface area contributed by atoms with E-state index in [1.807, 2.05) is 12.1 Å². The summed E-state index contributed by atoms with van der Waals surface area (Å²) in [5, 5.41) is 10.3. The summed E-state index contributed by atoms with van der Waals surface area (Å²) in [6.07, 6.45) is -0.289. The van der Waals surface area contributed by atoms with E-state index < -0.39 is 11.9 Å². The van der Waals surface area contributed by atoms with E-state index in [9.17, 15) is 9.50 Å². The number of benzene rings is 2. The second-order valence-corrected chi connectivity index (χ2v) is 6.75. The van der Waals surface area contributed by atoms with Gasteiger partial charge in [-0.05, 0) is 34.2 Å². The topological polar surface area (TPSA) is 20.2 Å². The van der Waals surface area contributed by atoms with Crippen LogP contribution >= 0.6 is 11.6 Å². The molecule has 21 heavy (non-hydrogen) atoms. The van der Waals surface area contributed by atoms with Gasteiger partial charge in [-0.1, -0.05) is 62.7 Å². The number of rotatable bonds is 3. The van der Waals surface area contributed by atoms with Crippen molar-refractivity contribution in [1.29, 1.82) is 0 Å². The van der Waals surface area contributed by atoms with Crippen molar-refractivity contribution in [2.75, 3.05) is 0 Å². The Balaban J connectivity index is 2.12. The van der Waals surface area contributed by atoms with Crippen molar-refractivity contribution >= 4 is 11.6 Å². The predicted octanol–water partition coefficient (Wildman–Crippen LogP) is 5.05. The zero-order valence-corrected chi connectivity index (χ0v) is 13.3. The van der Waals surface area contributed by atoms with Gasteiger partial charge in [-0.2, -0.15) is 0 Å². The van der Waals surface area contributed by atoms with Crippen LogP contribution in [0.2, 0.25) is 5.02 Å². The summed E-state index contributed by atoms with van der Waals surface area (Å²) in [5.74, 6) is -0.503. The summed E-state index contributed by atoms with van der Waals surface area (Å²) >= 11 is 5.65. The first-order valence-corrected chi connectivity index (χ1v) is 7.37. The van der Waals surface area contributed by atoms with Crippen molar-refractivity contribution in [2.45, 2.75) is 38.7 Å². The largest absolute Gasteiger partial charge is 0.388 e. The third-order valence-corrected chi connectivity index (χ3v) is 3.88. The van der Waals surface area contributed by atoms with Gasteiger partial charge in [-0.25, -0.2) is 4.39 Å². The molecule has 0 aliphatic heterocycles. The Morgan fingerprint density at radius 2 is 1.71 bits per heavy atom. The van der Waals surface area contributed by atoms with E-state index in [0.29, 0.717) is 12.0 Å². The number of hydrogen-bond donors (Lipinski definition) is 1. The maximum absolute atomic E-state index is 13.4. The van der Waals surface area contributed by atoms with Crippen LogP contribution in [0.25, 0.3) is 0 Å². The molecule has 3 heteroatoms. The maximum Gasteiger partial charge on any atom is 0.142 e. The molecule has 0 aliphatic rings. The fraction of sp³-hybridized carbons (Fsp3) is 0.333. The Morgan fingerprint density at radius 1 is 1.10 bits per heavy atom. The van der Waals surface area contributed by atoms with Crippen LogP contribution in [0.15, 0.2) is 42.5 Å². The minimum atomic E-state index is -0.739. The molecule has 0 aromatic heterocycles. The van der Waals surface area contributed by atoms with Crippen LogP contribution in [0.4, 0.5) is 4.39 Å². The summed E-state index contributed by atoms with van der Waals surface area (Å²) < 4.78 is 13.4. The zero-order chi connectivity index (χ0) is 15.6. The van der Waals surface area contributed by atoms with E-state index in [0.717, 1.165) is 5.56 Å². The molecule has 0 saturated carbocycles. The molecule has 1 unspecified atom stereocenters. The normalized spacial score (nSPS) is 13.2. The molecular formula is C18H20ClFO. The van der Waals surface area contributed by atoms with Crippen molar-refractivity contribution in [3.63, 3.8) is 0 Å². The minimum absolute atomic E-state index is 0.0699. The van der Waals surface area contributed by atoms with Crippen LogP contribution in [0.3, 0.4) is 0 Å². The first-order valence-electron chi connectivity index (χ1n) is 7.00. The lowest BCUT2D eigenvalue weighted by atomic mass is 9.86. The number of aliphatic hydroxyl groups is 1. The van der Waals surface area contributed by atoms with Gasteiger partial charge in [0.15, 0.2) is 0 Å². The summed E-state index contributed by atoms with van der Waals surface area (Å²) in [6, 6.07) is 12.6. The number of halogens is 2. The van der Waals surface area contributed by atoms with Crippen molar-refractivity contribution in [3.05, 3.63) is 70.0 Å². The van der Waals surface area contributed by atoms with Crippen LogP contribution in [-0.4, -0.2) is 5.11 Å². The van der Waals surface area contributed by atoms with Gasteiger partial charge in [0, 0.05) is 6.42 Å². The summed E-state index contributed by atoms with van der Waals surface area (Å²) in [5.41, 5.74) is 2.91. The van der Waals surface area contributed by atoms with Crippen LogP contribution < -0.4 is 0 Å². The third kappa shape index (κ3) is 4.05. The smallest absolute Gasteiger partial charge is 0.142 e. The van der Waals surface area contributed by atoms with Crippen LogP contribution in [-0.2, 0) is 11.8 Å². The van der Waals surface area contributed by atoms with Crippen molar-refractivity contribution in [1.82, 2.24) is 0 Å². The molecule has 0 amide bonds. The van der Waals surface area contributed by atoms with Gasteiger partial charge in [-0.15, -0.1) is 0 Å². The molecule has 0 bridgehead atoms. The Morgan fingerprint density at radius 3 is 2.24 bits per heavy atom. The quantitative estimate of drug-likeness (QED) is 0.841. The monoisotopic (exact) mass is 306 g/mol. The van der Waals surface area contributed by atoms with E-state index in [1.54, 1.807) is 6.07 Å². The molecule has 112 valence electrons. The van der Waals surface area contributed by atoms with Gasteiger partial charge in [0.2, 0.25) is 0 Å². The third-order valence-electron chi connectivity index (χ3n) is 3.58. The predicted molar refractivity (Wildman–Crippen MR) is 85.2 cm³/mol. The molecule has 0 spiro atoms. The van der Waals surface area contributed by atoms with Crippen LogP contribution in [0.1, 0.15) is 43.6 Å². The van der Waals surface area contributed by atoms with Gasteiger partial charge in [-0.3, -0.25) is 0 Å². The summed E-state index contributed by atoms with van der Waals surface area (Å²) in [6.45, 7) is 6.48. The van der Waals surface area contributed by atoms with Crippen molar-refractivity contribution < 1.29 is 9.50 Å². The Kier molecular flexibility index (Phi) is 4.70. The van der Waals surface area contributed by atoms with Crippen LogP contribution in [0, 0.1) is 5.82 Å². The van der Waals surface area contributed by atoms with Crippen molar-refractivity contribution in [3.8, 4) is 0 Å². The van der Waals surface area contributed by atoms with Crippen molar-refractivity contribution in [2.24, 2.45) is 0 Å². The fourth-order valence-electron chi connectivity index (χ4n) is 2.20. The molecule has 0 heterocycles. The Labute approximate surface area is 130 Å². The van der Waals surface area contributed by atoms with Gasteiger partial charge < -0.3 is 5.11 Å². The first-order chi connectivity index (χ1) is 9.77. The molecule has 2 aromatic carbocycles. The van der Waals surface area contributed by atoms with E-state index in [2.05, 4.69) is 32.9 Å². The minimum Gasteiger partial charge on any atom is -0.388 e. The van der Waals surface area contributed by atoms with Gasteiger partial charge in [0.1, 0.15) is 5.82 Å². The van der Waals surface area contributed by atoms with Gasteiger partial charge >= 0.3 is 0 Å². The Bertz CT molecular complexity index is 614. The molecule has 2 aromatic rings. The maximum atomic E-state index is 13.4. The standard InChI is InChI=1S/C18H20ClFO/c1-18(2,3)14-7-4-12(5-8-14)10-17(21)13-6-9-15(19)16(20)11-13/h4-9,11,17,21H,10H2,1-3H3. The molecular weight excluding hydrogens is 287 g/mol. The molecule has 0 radical (unpaired) electrons. The van der Waals surface area contributed by atoms with E-state index in [1.165, 1.54) is 17.7 Å². The molecule has 0 fully saturated rings. The number of aliphatic hydroxyl groups excluding tert-OH is 1. The molecule has 2 rings (SSSR count). The number of hydrogen-bond acceptors (Lipinski definition) is 1. The fourth-order valence-corrected chi connectivity index (χ4v) is 2.32. The highest BCUT2D eigenvalue weighted by Gasteiger charge is 2.14. The summed E-state index contributed by atoms with van der Waals surface area (Å²) in [7, 11) is 0. The lowest BCUT2D eigenvalue weighted by molar-refractivity contribution is 0.178. The highest BCUT2D eigenvalue weighted by molar-refractivity contribution is 6.30. The molecule has 1 nitrogen and oxygen atoms in total. The second kappa shape index (κ2) is 6.17. The average Bonchev–Trinajstić information content (AvgIpc) is 2.41. The first kappa shape index (κ1) is 16.0. The molecule has 1 N–H and O–H groups in total. The van der Waals surface area contributed by atoms with E-state index in [4.69, 9.17) is 11.6 Å². The van der Waals surface area contributed by atoms with E-state index >= 15 is 0 Å². The highest BCUT2D eigenvalue weighted by atomic mass is 35.5. The molecule has 0 saturated heterocycles. The lowest BCUT2D eigenvalue weighted by Gasteiger charge is -2.19. The zero-order valence-electron chi connectivity index (χ0n) is 12.5. The molecule has 1 atom stereocenters. The SMILES string of the molecule is CC(C)(C)c1ccc(CC(O)c2ccc(Cl)c(F)c2)cc1. The van der Waals surface area contributed by atoms with Gasteiger partial charge in [0.25, 0.3) is 0 Å². The van der Waals surface area contributed by atoms with Gasteiger partial charge in [0.05, 0.1) is 11.1 Å². The van der Waals surface area contributed by atoms with Crippen LogP contribution in [0.5, 0.6) is 0 Å².